The van der Waals surface area contributed by atoms with Crippen LogP contribution in [-0.2, 0) is 45.1 Å². The zero-order chi connectivity index (χ0) is 24.4. The van der Waals surface area contributed by atoms with Gasteiger partial charge in [-0.3, -0.25) is 0 Å². The fourth-order valence-electron chi connectivity index (χ4n) is 4.08. The molecule has 1 aliphatic heterocycles. The molecular formula is C24H32N8O4. The first-order chi connectivity index (χ1) is 17.9. The molecule has 5 rings (SSSR count). The smallest absolute Gasteiger partial charge is 0.176 e. The van der Waals surface area contributed by atoms with Gasteiger partial charge in [-0.15, -0.1) is 0 Å². The molecule has 0 N–H and O–H groups in total. The van der Waals surface area contributed by atoms with Crippen molar-refractivity contribution in [1.82, 2.24) is 38.2 Å². The molecule has 0 saturated heterocycles. The van der Waals surface area contributed by atoms with E-state index in [1.807, 2.05) is 24.8 Å². The predicted molar refractivity (Wildman–Crippen MR) is 130 cm³/mol. The molecule has 5 heterocycles. The van der Waals surface area contributed by atoms with Crippen molar-refractivity contribution in [2.45, 2.75) is 26.2 Å². The molecule has 0 atom stereocenters. The Morgan fingerprint density at radius 3 is 0.889 bits per heavy atom. The van der Waals surface area contributed by atoms with Crippen LogP contribution in [0.15, 0.2) is 49.6 Å². The largest absolute Gasteiger partial charge is 0.377 e. The Balaban J connectivity index is 1.21. The summed E-state index contributed by atoms with van der Waals surface area (Å²) in [6.45, 7) is 7.07. The third kappa shape index (κ3) is 6.08. The molecule has 4 aromatic heterocycles. The Labute approximate surface area is 209 Å². The molecule has 0 aliphatic carbocycles. The average Bonchev–Trinajstić information content (AvgIpc) is 3.69. The Morgan fingerprint density at radius 1 is 0.389 bits per heavy atom. The molecule has 0 unspecified atom stereocenters. The normalized spacial score (nSPS) is 17.3. The molecular weight excluding hydrogens is 464 g/mol. The summed E-state index contributed by atoms with van der Waals surface area (Å²) in [5.41, 5.74) is 0. The van der Waals surface area contributed by atoms with Crippen LogP contribution < -0.4 is 0 Å². The number of rotatable bonds is 0. The van der Waals surface area contributed by atoms with Gasteiger partial charge in [0.15, 0.2) is 23.3 Å². The summed E-state index contributed by atoms with van der Waals surface area (Å²) >= 11 is 0. The van der Waals surface area contributed by atoms with E-state index < -0.39 is 0 Å². The molecule has 0 bridgehead atoms. The first-order valence-electron chi connectivity index (χ1n) is 12.3. The van der Waals surface area contributed by atoms with Crippen molar-refractivity contribution in [2.24, 2.45) is 0 Å². The highest BCUT2D eigenvalue weighted by atomic mass is 16.5. The summed E-state index contributed by atoms with van der Waals surface area (Å²) in [5, 5.41) is 0. The average molecular weight is 497 g/mol. The van der Waals surface area contributed by atoms with Gasteiger partial charge in [-0.2, -0.15) is 0 Å². The number of fused-ring (bicyclic) bond motifs is 6. The molecule has 0 aromatic carbocycles. The summed E-state index contributed by atoms with van der Waals surface area (Å²) in [4.78, 5) is 18.0. The predicted octanol–water partition coefficient (Wildman–Crippen LogP) is 1.59. The van der Waals surface area contributed by atoms with E-state index in [-0.39, 0.29) is 0 Å². The minimum atomic E-state index is 0.525. The fourth-order valence-corrected chi connectivity index (χ4v) is 4.08. The van der Waals surface area contributed by atoms with E-state index >= 15 is 0 Å². The van der Waals surface area contributed by atoms with Crippen molar-refractivity contribution < 1.29 is 18.9 Å². The van der Waals surface area contributed by atoms with Crippen LogP contribution in [0.3, 0.4) is 0 Å². The molecule has 0 fully saturated rings. The minimum absolute atomic E-state index is 0.525. The van der Waals surface area contributed by atoms with Crippen molar-refractivity contribution in [3.63, 3.8) is 0 Å². The second kappa shape index (κ2) is 12.6. The third-order valence-electron chi connectivity index (χ3n) is 5.91. The Bertz CT molecular complexity index is 1010. The van der Waals surface area contributed by atoms with E-state index in [1.165, 1.54) is 0 Å². The van der Waals surface area contributed by atoms with Crippen molar-refractivity contribution in [1.29, 1.82) is 0 Å². The fraction of sp³-hybridized carbons (Fsp3) is 0.500. The van der Waals surface area contributed by atoms with Crippen molar-refractivity contribution in [3.8, 4) is 23.3 Å². The Morgan fingerprint density at radius 2 is 0.639 bits per heavy atom. The highest BCUT2D eigenvalue weighted by Gasteiger charge is 2.14. The Hall–Kier alpha value is -3.32. The van der Waals surface area contributed by atoms with Crippen LogP contribution in [-0.4, -0.2) is 91.1 Å². The van der Waals surface area contributed by atoms with Crippen LogP contribution in [0, 0.1) is 0 Å². The lowest BCUT2D eigenvalue weighted by molar-refractivity contribution is 0.0416. The summed E-state index contributed by atoms with van der Waals surface area (Å²) in [6, 6.07) is 0. The van der Waals surface area contributed by atoms with Crippen LogP contribution in [0.4, 0.5) is 0 Å². The van der Waals surface area contributed by atoms with Gasteiger partial charge < -0.3 is 37.2 Å². The van der Waals surface area contributed by atoms with E-state index in [0.29, 0.717) is 79.0 Å². The van der Waals surface area contributed by atoms with Gasteiger partial charge in [0.1, 0.15) is 0 Å². The third-order valence-corrected chi connectivity index (χ3v) is 5.91. The van der Waals surface area contributed by atoms with Crippen LogP contribution in [0.1, 0.15) is 0 Å². The number of nitrogens with zero attached hydrogens (tertiary/aromatic N) is 8. The van der Waals surface area contributed by atoms with Gasteiger partial charge >= 0.3 is 0 Å². The maximum absolute atomic E-state index is 5.79. The molecule has 36 heavy (non-hydrogen) atoms. The van der Waals surface area contributed by atoms with E-state index in [2.05, 4.69) is 38.2 Å². The maximum Gasteiger partial charge on any atom is 0.176 e. The molecule has 0 radical (unpaired) electrons. The number of hydrogen-bond donors (Lipinski definition) is 0. The van der Waals surface area contributed by atoms with Gasteiger partial charge in [-0.05, 0) is 0 Å². The van der Waals surface area contributed by atoms with Crippen molar-refractivity contribution in [2.75, 3.05) is 52.9 Å². The summed E-state index contributed by atoms with van der Waals surface area (Å²) in [5.74, 6) is 3.25. The standard InChI is InChI=1S/C24H32N8O4/c1-5-29-9-13-33-17-18-35-15-11-31-7-3-27-23(31)24-28-4-8-32(24)12-16-36-20-19-34-14-10-30-6-2-26-22(30)21(29)25-1/h1-8H,9-20H2. The highest BCUT2D eigenvalue weighted by Crippen LogP contribution is 2.17. The van der Waals surface area contributed by atoms with Gasteiger partial charge in [0, 0.05) is 75.8 Å². The molecule has 12 heteroatoms. The van der Waals surface area contributed by atoms with E-state index in [1.54, 1.807) is 24.8 Å². The lowest BCUT2D eigenvalue weighted by Crippen LogP contribution is -2.15. The van der Waals surface area contributed by atoms with Crippen LogP contribution in [0.25, 0.3) is 23.3 Å². The lowest BCUT2D eigenvalue weighted by Gasteiger charge is -2.13. The highest BCUT2D eigenvalue weighted by molar-refractivity contribution is 5.45. The zero-order valence-corrected chi connectivity index (χ0v) is 20.3. The van der Waals surface area contributed by atoms with Crippen LogP contribution in [0.5, 0.6) is 0 Å². The molecule has 0 amide bonds. The van der Waals surface area contributed by atoms with E-state index in [0.717, 1.165) is 23.3 Å². The molecule has 0 spiro atoms. The minimum Gasteiger partial charge on any atom is -0.377 e. The molecule has 0 saturated carbocycles. The number of imidazole rings is 4. The quantitative estimate of drug-likeness (QED) is 0.361. The van der Waals surface area contributed by atoms with Gasteiger partial charge in [0.25, 0.3) is 0 Å². The van der Waals surface area contributed by atoms with Gasteiger partial charge in [0.05, 0.1) is 52.9 Å². The summed E-state index contributed by atoms with van der Waals surface area (Å²) in [7, 11) is 0. The summed E-state index contributed by atoms with van der Waals surface area (Å²) < 4.78 is 31.4. The second-order valence-electron chi connectivity index (χ2n) is 8.23. The number of hydrogen-bond acceptors (Lipinski definition) is 8. The monoisotopic (exact) mass is 496 g/mol. The van der Waals surface area contributed by atoms with Gasteiger partial charge in [-0.1, -0.05) is 0 Å². The SMILES string of the molecule is c1cn2c(n1)-c1nccn1CCOCCOCCn1ccnc1-c1nccn1CCOCCOCC2. The van der Waals surface area contributed by atoms with Gasteiger partial charge in [0.2, 0.25) is 0 Å². The lowest BCUT2D eigenvalue weighted by atomic mass is 10.5. The molecule has 4 aromatic rings. The first-order valence-corrected chi connectivity index (χ1v) is 12.3. The first kappa shape index (κ1) is 24.4. The molecule has 192 valence electrons. The van der Waals surface area contributed by atoms with E-state index in [9.17, 15) is 0 Å². The summed E-state index contributed by atoms with van der Waals surface area (Å²) in [6.07, 6.45) is 14.9. The molecule has 1 aliphatic rings. The van der Waals surface area contributed by atoms with E-state index in [4.69, 9.17) is 18.9 Å². The van der Waals surface area contributed by atoms with Crippen molar-refractivity contribution >= 4 is 0 Å². The van der Waals surface area contributed by atoms with Crippen LogP contribution >= 0.6 is 0 Å². The van der Waals surface area contributed by atoms with Crippen LogP contribution in [0.2, 0.25) is 0 Å². The van der Waals surface area contributed by atoms with Gasteiger partial charge in [-0.25, -0.2) is 19.9 Å². The molecule has 12 nitrogen and oxygen atoms in total. The number of aromatic nitrogens is 8. The maximum atomic E-state index is 5.79. The Kier molecular flexibility index (Phi) is 8.52. The topological polar surface area (TPSA) is 108 Å². The zero-order valence-electron chi connectivity index (χ0n) is 20.3. The second-order valence-corrected chi connectivity index (χ2v) is 8.23. The number of ether oxygens (including phenoxy) is 4. The van der Waals surface area contributed by atoms with Crippen molar-refractivity contribution in [3.05, 3.63) is 49.6 Å².